The number of rotatable bonds is 9. The van der Waals surface area contributed by atoms with E-state index in [1.54, 1.807) is 7.11 Å². The van der Waals surface area contributed by atoms with Gasteiger partial charge < -0.3 is 25.2 Å². The number of benzene rings is 1. The van der Waals surface area contributed by atoms with Gasteiger partial charge in [-0.2, -0.15) is 0 Å². The van der Waals surface area contributed by atoms with Gasteiger partial charge in [-0.05, 0) is 50.7 Å². The number of nitrogens with zero attached hydrogens (tertiary/aromatic N) is 3. The highest BCUT2D eigenvalue weighted by Gasteiger charge is 2.23. The van der Waals surface area contributed by atoms with Crippen molar-refractivity contribution < 1.29 is 9.53 Å². The summed E-state index contributed by atoms with van der Waals surface area (Å²) in [6.45, 7) is 8.41. The first-order valence-electron chi connectivity index (χ1n) is 11.9. The number of anilines is 1. The van der Waals surface area contributed by atoms with Crippen LogP contribution in [0.25, 0.3) is 0 Å². The summed E-state index contributed by atoms with van der Waals surface area (Å²) in [5.41, 5.74) is 1.22. The van der Waals surface area contributed by atoms with Gasteiger partial charge in [0.05, 0.1) is 7.11 Å². The lowest BCUT2D eigenvalue weighted by atomic mass is 10.1. The van der Waals surface area contributed by atoms with Crippen molar-refractivity contribution in [2.75, 3.05) is 57.8 Å². The Morgan fingerprint density at radius 2 is 2.09 bits per heavy atom. The van der Waals surface area contributed by atoms with Gasteiger partial charge in [0, 0.05) is 64.0 Å². The number of aliphatic imine (C=N–C) groups is 1. The lowest BCUT2D eigenvalue weighted by Gasteiger charge is -2.21. The van der Waals surface area contributed by atoms with Crippen LogP contribution < -0.4 is 20.3 Å². The molecule has 180 valence electrons. The summed E-state index contributed by atoms with van der Waals surface area (Å²) >= 11 is 0. The number of hydrogen-bond donors (Lipinski definition) is 2. The van der Waals surface area contributed by atoms with E-state index in [0.29, 0.717) is 18.2 Å². The van der Waals surface area contributed by atoms with E-state index >= 15 is 0 Å². The van der Waals surface area contributed by atoms with Gasteiger partial charge in [-0.3, -0.25) is 9.79 Å². The number of ether oxygens (including phenoxy) is 1. The van der Waals surface area contributed by atoms with E-state index in [9.17, 15) is 4.79 Å². The number of halogens is 1. The molecule has 2 aliphatic heterocycles. The van der Waals surface area contributed by atoms with Crippen LogP contribution in [0.4, 0.5) is 5.69 Å². The standard InChI is InChI=1S/C24H39N5O2.HI/c1-3-25-24(26-13-8-15-28-14-6-4-5-11-23(28)30)27-18-20-12-16-29(19-20)21-9-7-10-22(17-21)31-2;/h7,9-10,17,20H,3-6,8,11-16,18-19H2,1-2H3,(H2,25,26,27);1H. The molecule has 8 heteroatoms. The normalized spacial score (nSPS) is 19.4. The molecule has 0 aliphatic carbocycles. The predicted molar refractivity (Wildman–Crippen MR) is 142 cm³/mol. The van der Waals surface area contributed by atoms with Crippen LogP contribution >= 0.6 is 24.0 Å². The molecule has 1 unspecified atom stereocenters. The third-order valence-electron chi connectivity index (χ3n) is 6.12. The zero-order chi connectivity index (χ0) is 21.9. The molecule has 0 aromatic heterocycles. The van der Waals surface area contributed by atoms with Crippen LogP contribution in [0.5, 0.6) is 5.75 Å². The topological polar surface area (TPSA) is 69.2 Å². The minimum Gasteiger partial charge on any atom is -0.497 e. The van der Waals surface area contributed by atoms with Gasteiger partial charge >= 0.3 is 0 Å². The quantitative estimate of drug-likeness (QED) is 0.211. The Morgan fingerprint density at radius 3 is 2.91 bits per heavy atom. The fourth-order valence-electron chi connectivity index (χ4n) is 4.34. The third kappa shape index (κ3) is 8.33. The molecule has 1 aromatic carbocycles. The largest absolute Gasteiger partial charge is 0.497 e. The van der Waals surface area contributed by atoms with E-state index in [1.807, 2.05) is 17.0 Å². The summed E-state index contributed by atoms with van der Waals surface area (Å²) in [7, 11) is 1.71. The van der Waals surface area contributed by atoms with Crippen molar-refractivity contribution in [1.82, 2.24) is 15.5 Å². The molecule has 2 saturated heterocycles. The molecule has 0 bridgehead atoms. The molecule has 2 fully saturated rings. The molecule has 2 N–H and O–H groups in total. The van der Waals surface area contributed by atoms with E-state index in [-0.39, 0.29) is 24.0 Å². The lowest BCUT2D eigenvalue weighted by molar-refractivity contribution is -0.130. The molecule has 3 rings (SSSR count). The first-order valence-corrected chi connectivity index (χ1v) is 11.9. The van der Waals surface area contributed by atoms with Crippen molar-refractivity contribution >= 4 is 41.5 Å². The monoisotopic (exact) mass is 557 g/mol. The number of methoxy groups -OCH3 is 1. The second-order valence-electron chi connectivity index (χ2n) is 8.49. The van der Waals surface area contributed by atoms with Crippen LogP contribution in [-0.4, -0.2) is 69.7 Å². The van der Waals surface area contributed by atoms with E-state index in [4.69, 9.17) is 9.73 Å². The molecule has 7 nitrogen and oxygen atoms in total. The summed E-state index contributed by atoms with van der Waals surface area (Å²) < 4.78 is 5.36. The average Bonchev–Trinajstić information content (AvgIpc) is 3.18. The fraction of sp³-hybridized carbons (Fsp3) is 0.667. The van der Waals surface area contributed by atoms with Crippen LogP contribution in [0, 0.1) is 5.92 Å². The maximum Gasteiger partial charge on any atom is 0.222 e. The lowest BCUT2D eigenvalue weighted by Crippen LogP contribution is -2.39. The first kappa shape index (κ1) is 26.5. The number of likely N-dealkylation sites (tertiary alicyclic amines) is 1. The van der Waals surface area contributed by atoms with Crippen LogP contribution in [0.2, 0.25) is 0 Å². The first-order chi connectivity index (χ1) is 15.2. The molecule has 1 atom stereocenters. The molecule has 0 saturated carbocycles. The van der Waals surface area contributed by atoms with Gasteiger partial charge in [0.25, 0.3) is 0 Å². The van der Waals surface area contributed by atoms with Crippen molar-refractivity contribution in [2.24, 2.45) is 10.9 Å². The Morgan fingerprint density at radius 1 is 1.22 bits per heavy atom. The van der Waals surface area contributed by atoms with Crippen molar-refractivity contribution in [3.05, 3.63) is 24.3 Å². The van der Waals surface area contributed by atoms with Gasteiger partial charge in [0.1, 0.15) is 5.75 Å². The van der Waals surface area contributed by atoms with E-state index in [1.165, 1.54) is 12.1 Å². The van der Waals surface area contributed by atoms with Crippen molar-refractivity contribution in [3.63, 3.8) is 0 Å². The number of carbonyl (C=O) groups excluding carboxylic acids is 1. The van der Waals surface area contributed by atoms with E-state index in [2.05, 4.69) is 34.6 Å². The minimum absolute atomic E-state index is 0. The van der Waals surface area contributed by atoms with Crippen molar-refractivity contribution in [3.8, 4) is 5.75 Å². The molecule has 32 heavy (non-hydrogen) atoms. The van der Waals surface area contributed by atoms with Gasteiger partial charge in [0.2, 0.25) is 5.91 Å². The Hall–Kier alpha value is -1.71. The Balaban J connectivity index is 0.00000363. The summed E-state index contributed by atoms with van der Waals surface area (Å²) in [6.07, 6.45) is 6.17. The summed E-state index contributed by atoms with van der Waals surface area (Å²) in [6, 6.07) is 8.28. The molecule has 0 spiro atoms. The summed E-state index contributed by atoms with van der Waals surface area (Å²) in [5, 5.41) is 6.79. The van der Waals surface area contributed by atoms with Crippen LogP contribution in [0.1, 0.15) is 45.4 Å². The highest BCUT2D eigenvalue weighted by atomic mass is 127. The minimum atomic E-state index is 0. The maximum atomic E-state index is 12.1. The van der Waals surface area contributed by atoms with Gasteiger partial charge in [0.15, 0.2) is 5.96 Å². The highest BCUT2D eigenvalue weighted by Crippen LogP contribution is 2.27. The third-order valence-corrected chi connectivity index (χ3v) is 6.12. The smallest absolute Gasteiger partial charge is 0.222 e. The average molecular weight is 558 g/mol. The van der Waals surface area contributed by atoms with E-state index in [0.717, 1.165) is 83.2 Å². The van der Waals surface area contributed by atoms with Gasteiger partial charge in [-0.25, -0.2) is 0 Å². The molecule has 1 amide bonds. The Bertz CT molecular complexity index is 730. The number of amides is 1. The van der Waals surface area contributed by atoms with Crippen LogP contribution in [0.3, 0.4) is 0 Å². The zero-order valence-electron chi connectivity index (χ0n) is 19.6. The fourth-order valence-corrected chi connectivity index (χ4v) is 4.34. The molecular weight excluding hydrogens is 517 g/mol. The second kappa shape index (κ2) is 14.4. The highest BCUT2D eigenvalue weighted by molar-refractivity contribution is 14.0. The summed E-state index contributed by atoms with van der Waals surface area (Å²) in [5.74, 6) is 2.65. The number of nitrogens with one attached hydrogen (secondary N) is 2. The van der Waals surface area contributed by atoms with Crippen molar-refractivity contribution in [2.45, 2.75) is 45.4 Å². The number of hydrogen-bond acceptors (Lipinski definition) is 4. The summed E-state index contributed by atoms with van der Waals surface area (Å²) in [4.78, 5) is 21.4. The molecule has 0 radical (unpaired) electrons. The maximum absolute atomic E-state index is 12.1. The zero-order valence-corrected chi connectivity index (χ0v) is 22.0. The molecule has 2 heterocycles. The van der Waals surface area contributed by atoms with Crippen molar-refractivity contribution in [1.29, 1.82) is 0 Å². The Kier molecular flexibility index (Phi) is 12.0. The molecule has 1 aromatic rings. The van der Waals surface area contributed by atoms with Gasteiger partial charge in [-0.15, -0.1) is 24.0 Å². The second-order valence-corrected chi connectivity index (χ2v) is 8.49. The van der Waals surface area contributed by atoms with Crippen LogP contribution in [0.15, 0.2) is 29.3 Å². The van der Waals surface area contributed by atoms with Gasteiger partial charge in [-0.1, -0.05) is 12.5 Å². The molecule has 2 aliphatic rings. The van der Waals surface area contributed by atoms with E-state index < -0.39 is 0 Å². The number of guanidine groups is 1. The Labute approximate surface area is 210 Å². The number of carbonyl (C=O) groups is 1. The SMILES string of the molecule is CCNC(=NCC1CCN(c2cccc(OC)c2)C1)NCCCN1CCCCCC1=O.I. The van der Waals surface area contributed by atoms with Crippen LogP contribution in [-0.2, 0) is 4.79 Å². The predicted octanol–water partition coefficient (Wildman–Crippen LogP) is 3.49. The molecular formula is C24H40IN5O2.